The van der Waals surface area contributed by atoms with Crippen molar-refractivity contribution >= 4 is 10.2 Å². The van der Waals surface area contributed by atoms with Crippen LogP contribution in [-0.2, 0) is 0 Å². The molecule has 0 saturated heterocycles. The number of allylic oxidation sites excluding steroid dienone is 1. The maximum Gasteiger partial charge on any atom is 0.0894 e. The Kier molecular flexibility index (Phi) is 16.8. The lowest BCUT2D eigenvalue weighted by atomic mass is 10.0. The first-order valence-electron chi connectivity index (χ1n) is 7.80. The molecule has 0 aliphatic heterocycles. The largest absolute Gasteiger partial charge is 0.251 e. The third-order valence-corrected chi connectivity index (χ3v) is 3.61. The van der Waals surface area contributed by atoms with Gasteiger partial charge in [-0.1, -0.05) is 70.3 Å². The smallest absolute Gasteiger partial charge is 0.0894 e. The molecule has 105 valence electrons. The van der Waals surface area contributed by atoms with E-state index in [1.54, 1.807) is 0 Å². The van der Waals surface area contributed by atoms with Gasteiger partial charge in [-0.15, -0.1) is 5.70 Å². The van der Waals surface area contributed by atoms with E-state index in [-0.39, 0.29) is 6.67 Å². The lowest BCUT2D eigenvalue weighted by Crippen LogP contribution is -1.83. The Morgan fingerprint density at radius 2 is 1.00 bits per heavy atom. The minimum Gasteiger partial charge on any atom is -0.251 e. The number of hydrogen-bond acceptors (Lipinski definition) is 0. The van der Waals surface area contributed by atoms with E-state index in [2.05, 4.69) is 16.3 Å². The van der Waals surface area contributed by atoms with E-state index in [0.717, 1.165) is 12.8 Å². The molecule has 0 atom stereocenters. The van der Waals surface area contributed by atoms with Crippen LogP contribution in [0.4, 0.5) is 4.39 Å². The lowest BCUT2D eigenvalue weighted by Gasteiger charge is -2.02. The van der Waals surface area contributed by atoms with Crippen molar-refractivity contribution in [1.29, 1.82) is 0 Å². The van der Waals surface area contributed by atoms with Gasteiger partial charge in [0.05, 0.1) is 16.9 Å². The van der Waals surface area contributed by atoms with Crippen LogP contribution in [0.2, 0.25) is 0 Å². The SMILES string of the molecule is FCCCCCCCCCCCCCC/C=C/[Si]. The van der Waals surface area contributed by atoms with Crippen LogP contribution < -0.4 is 0 Å². The van der Waals surface area contributed by atoms with Crippen LogP contribution in [0, 0.1) is 0 Å². The molecular formula is C16H30FSi. The number of halogens is 1. The van der Waals surface area contributed by atoms with E-state index in [1.165, 1.54) is 70.6 Å². The minimum absolute atomic E-state index is 0.134. The molecule has 3 radical (unpaired) electrons. The fourth-order valence-electron chi connectivity index (χ4n) is 2.21. The molecule has 0 aromatic carbocycles. The molecule has 0 aliphatic carbocycles. The highest BCUT2D eigenvalue weighted by molar-refractivity contribution is 6.16. The highest BCUT2D eigenvalue weighted by atomic mass is 28.1. The summed E-state index contributed by atoms with van der Waals surface area (Å²) < 4.78 is 11.8. The second-order valence-corrected chi connectivity index (χ2v) is 5.46. The molecule has 0 aliphatic rings. The van der Waals surface area contributed by atoms with Gasteiger partial charge in [0.15, 0.2) is 0 Å². The minimum atomic E-state index is -0.134. The molecule has 0 nitrogen and oxygen atoms in total. The van der Waals surface area contributed by atoms with Gasteiger partial charge in [-0.25, -0.2) is 0 Å². The molecule has 0 spiro atoms. The quantitative estimate of drug-likeness (QED) is 0.280. The number of unbranched alkanes of at least 4 members (excludes halogenated alkanes) is 12. The summed E-state index contributed by atoms with van der Waals surface area (Å²) in [5.41, 5.74) is 1.95. The van der Waals surface area contributed by atoms with Crippen LogP contribution in [0.3, 0.4) is 0 Å². The predicted molar refractivity (Wildman–Crippen MR) is 80.9 cm³/mol. The molecule has 0 N–H and O–H groups in total. The van der Waals surface area contributed by atoms with Crippen molar-refractivity contribution in [2.24, 2.45) is 0 Å². The van der Waals surface area contributed by atoms with Gasteiger partial charge >= 0.3 is 0 Å². The van der Waals surface area contributed by atoms with E-state index in [1.807, 2.05) is 5.70 Å². The average Bonchev–Trinajstić information content (AvgIpc) is 2.39. The zero-order chi connectivity index (χ0) is 13.3. The standard InChI is InChI=1S/C16H30FSi/c17-15-13-11-9-7-5-3-1-2-4-6-8-10-12-14-16-18/h14,16H,1-13,15H2/b16-14+. The number of rotatable bonds is 14. The second-order valence-electron chi connectivity index (χ2n) is 5.12. The maximum atomic E-state index is 11.8. The van der Waals surface area contributed by atoms with Gasteiger partial charge in [-0.2, -0.15) is 0 Å². The first-order valence-corrected chi connectivity index (χ1v) is 8.37. The van der Waals surface area contributed by atoms with Crippen molar-refractivity contribution in [2.45, 2.75) is 83.5 Å². The summed E-state index contributed by atoms with van der Waals surface area (Å²) in [5, 5.41) is 0. The zero-order valence-corrected chi connectivity index (χ0v) is 12.9. The Morgan fingerprint density at radius 1 is 0.611 bits per heavy atom. The molecule has 18 heavy (non-hydrogen) atoms. The van der Waals surface area contributed by atoms with Gasteiger partial charge in [0, 0.05) is 0 Å². The zero-order valence-electron chi connectivity index (χ0n) is 11.9. The van der Waals surface area contributed by atoms with Crippen LogP contribution in [0.5, 0.6) is 0 Å². The van der Waals surface area contributed by atoms with E-state index < -0.39 is 0 Å². The van der Waals surface area contributed by atoms with Gasteiger partial charge in [0.2, 0.25) is 0 Å². The molecule has 0 aromatic heterocycles. The third-order valence-electron chi connectivity index (χ3n) is 3.37. The van der Waals surface area contributed by atoms with Crippen LogP contribution in [-0.4, -0.2) is 16.9 Å². The normalized spacial score (nSPS) is 11.4. The Labute approximate surface area is 117 Å². The molecular weight excluding hydrogens is 239 g/mol. The summed E-state index contributed by atoms with van der Waals surface area (Å²) in [6.07, 6.45) is 18.8. The molecule has 0 heterocycles. The van der Waals surface area contributed by atoms with Crippen LogP contribution in [0.1, 0.15) is 83.5 Å². The van der Waals surface area contributed by atoms with Crippen LogP contribution in [0.15, 0.2) is 11.8 Å². The molecule has 0 amide bonds. The highest BCUT2D eigenvalue weighted by Gasteiger charge is 1.93. The van der Waals surface area contributed by atoms with Crippen molar-refractivity contribution < 1.29 is 4.39 Å². The summed E-state index contributed by atoms with van der Waals surface area (Å²) in [6, 6.07) is 0. The summed E-state index contributed by atoms with van der Waals surface area (Å²) in [4.78, 5) is 0. The Bertz CT molecular complexity index is 168. The highest BCUT2D eigenvalue weighted by Crippen LogP contribution is 2.12. The molecule has 0 fully saturated rings. The van der Waals surface area contributed by atoms with Gasteiger partial charge in [-0.05, 0) is 19.3 Å². The van der Waals surface area contributed by atoms with Crippen molar-refractivity contribution in [1.82, 2.24) is 0 Å². The second kappa shape index (κ2) is 16.9. The topological polar surface area (TPSA) is 0 Å². The Hall–Kier alpha value is -0.113. The summed E-state index contributed by atoms with van der Waals surface area (Å²) in [6.45, 7) is -0.134. The molecule has 0 saturated carbocycles. The van der Waals surface area contributed by atoms with Crippen LogP contribution >= 0.6 is 0 Å². The van der Waals surface area contributed by atoms with Crippen molar-refractivity contribution in [3.63, 3.8) is 0 Å². The monoisotopic (exact) mass is 269 g/mol. The van der Waals surface area contributed by atoms with Crippen molar-refractivity contribution in [3.05, 3.63) is 11.8 Å². The molecule has 0 rings (SSSR count). The van der Waals surface area contributed by atoms with E-state index >= 15 is 0 Å². The Balaban J connectivity index is 2.90. The number of alkyl halides is 1. The van der Waals surface area contributed by atoms with Crippen molar-refractivity contribution in [3.8, 4) is 0 Å². The molecule has 0 unspecified atom stereocenters. The Morgan fingerprint density at radius 3 is 1.39 bits per heavy atom. The lowest BCUT2D eigenvalue weighted by molar-refractivity contribution is 0.448. The molecule has 0 aromatic rings. The molecule has 0 bridgehead atoms. The van der Waals surface area contributed by atoms with Gasteiger partial charge in [0.25, 0.3) is 0 Å². The van der Waals surface area contributed by atoms with E-state index in [4.69, 9.17) is 0 Å². The predicted octanol–water partition coefficient (Wildman–Crippen LogP) is 5.71. The average molecular weight is 269 g/mol. The maximum absolute atomic E-state index is 11.8. The van der Waals surface area contributed by atoms with E-state index in [9.17, 15) is 4.39 Å². The third kappa shape index (κ3) is 15.9. The van der Waals surface area contributed by atoms with Gasteiger partial charge in [-0.3, -0.25) is 4.39 Å². The number of hydrogen-bond donors (Lipinski definition) is 0. The fraction of sp³-hybridized carbons (Fsp3) is 0.875. The first-order chi connectivity index (χ1) is 8.91. The summed E-state index contributed by atoms with van der Waals surface area (Å²) in [7, 11) is 3.33. The van der Waals surface area contributed by atoms with Gasteiger partial charge < -0.3 is 0 Å². The van der Waals surface area contributed by atoms with Crippen LogP contribution in [0.25, 0.3) is 0 Å². The fourth-order valence-corrected chi connectivity index (χ4v) is 2.37. The molecule has 2 heteroatoms. The van der Waals surface area contributed by atoms with Crippen molar-refractivity contribution in [2.75, 3.05) is 6.67 Å². The van der Waals surface area contributed by atoms with E-state index in [0.29, 0.717) is 0 Å². The summed E-state index contributed by atoms with van der Waals surface area (Å²) in [5.74, 6) is 0. The van der Waals surface area contributed by atoms with Gasteiger partial charge in [0.1, 0.15) is 0 Å². The summed E-state index contributed by atoms with van der Waals surface area (Å²) >= 11 is 0. The first kappa shape index (κ1) is 17.9.